The summed E-state index contributed by atoms with van der Waals surface area (Å²) in [5.41, 5.74) is 2.92. The Balaban J connectivity index is 1.72. The first kappa shape index (κ1) is 21.7. The van der Waals surface area contributed by atoms with E-state index in [4.69, 9.17) is 0 Å². The zero-order valence-corrected chi connectivity index (χ0v) is 18.3. The average molecular weight is 434 g/mol. The summed E-state index contributed by atoms with van der Waals surface area (Å²) < 4.78 is 0. The molecule has 4 rings (SSSR count). The number of nitro benzene ring substituents is 1. The van der Waals surface area contributed by atoms with Crippen molar-refractivity contribution in [3.8, 4) is 0 Å². The highest BCUT2D eigenvalue weighted by atomic mass is 16.6. The number of rotatable bonds is 7. The molecular weight excluding hydrogens is 406 g/mol. The SMILES string of the molecule is CCCCc1ccc(N2C(=O)C(c3ccc([N+](=O)[O-])cc3)=C(N3CCCCC3)C2=O)cc1. The van der Waals surface area contributed by atoms with Gasteiger partial charge in [0, 0.05) is 25.2 Å². The normalized spacial score (nSPS) is 16.8. The molecule has 32 heavy (non-hydrogen) atoms. The van der Waals surface area contributed by atoms with E-state index < -0.39 is 4.92 Å². The van der Waals surface area contributed by atoms with Gasteiger partial charge in [0.25, 0.3) is 17.5 Å². The van der Waals surface area contributed by atoms with E-state index in [2.05, 4.69) is 6.92 Å². The molecular formula is C25H27N3O4. The fourth-order valence-electron chi connectivity index (χ4n) is 4.37. The van der Waals surface area contributed by atoms with Gasteiger partial charge in [0.1, 0.15) is 5.70 Å². The molecule has 166 valence electrons. The van der Waals surface area contributed by atoms with E-state index in [-0.39, 0.29) is 17.5 Å². The number of unbranched alkanes of at least 4 members (excludes halogenated alkanes) is 1. The molecule has 2 heterocycles. The number of amides is 2. The van der Waals surface area contributed by atoms with Crippen molar-refractivity contribution < 1.29 is 14.5 Å². The third-order valence-corrected chi connectivity index (χ3v) is 6.11. The number of hydrogen-bond donors (Lipinski definition) is 0. The van der Waals surface area contributed by atoms with Crippen LogP contribution in [-0.4, -0.2) is 34.7 Å². The fourth-order valence-corrected chi connectivity index (χ4v) is 4.37. The van der Waals surface area contributed by atoms with Crippen LogP contribution in [0.4, 0.5) is 11.4 Å². The van der Waals surface area contributed by atoms with Crippen LogP contribution in [0, 0.1) is 10.1 Å². The first-order chi connectivity index (χ1) is 15.5. The number of carbonyl (C=O) groups is 2. The average Bonchev–Trinajstić information content (AvgIpc) is 3.08. The maximum atomic E-state index is 13.5. The molecule has 1 saturated heterocycles. The van der Waals surface area contributed by atoms with Crippen molar-refractivity contribution in [1.82, 2.24) is 4.90 Å². The number of nitro groups is 1. The van der Waals surface area contributed by atoms with Crippen LogP contribution in [0.5, 0.6) is 0 Å². The molecule has 0 aliphatic carbocycles. The largest absolute Gasteiger partial charge is 0.366 e. The minimum absolute atomic E-state index is 0.0508. The standard InChI is InChI=1S/C25H27N3O4/c1-2-3-7-18-8-12-20(13-9-18)27-24(29)22(19-10-14-21(15-11-19)28(31)32)23(25(27)30)26-16-5-4-6-17-26/h8-15H,2-7,16-17H2,1H3. The number of likely N-dealkylation sites (tertiary alicyclic amines) is 1. The van der Waals surface area contributed by atoms with Crippen molar-refractivity contribution in [3.63, 3.8) is 0 Å². The zero-order chi connectivity index (χ0) is 22.7. The van der Waals surface area contributed by atoms with E-state index in [1.54, 1.807) is 12.1 Å². The lowest BCUT2D eigenvalue weighted by atomic mass is 10.0. The van der Waals surface area contributed by atoms with Crippen molar-refractivity contribution in [3.05, 3.63) is 75.5 Å². The van der Waals surface area contributed by atoms with E-state index >= 15 is 0 Å². The van der Waals surface area contributed by atoms with E-state index in [0.717, 1.165) is 38.5 Å². The topological polar surface area (TPSA) is 83.8 Å². The molecule has 2 amide bonds. The van der Waals surface area contributed by atoms with Crippen molar-refractivity contribution in [2.24, 2.45) is 0 Å². The zero-order valence-electron chi connectivity index (χ0n) is 18.3. The quantitative estimate of drug-likeness (QED) is 0.359. The lowest BCUT2D eigenvalue weighted by Gasteiger charge is -2.29. The summed E-state index contributed by atoms with van der Waals surface area (Å²) in [5.74, 6) is -0.711. The molecule has 0 bridgehead atoms. The molecule has 7 heteroatoms. The maximum Gasteiger partial charge on any atom is 0.282 e. The second-order valence-corrected chi connectivity index (χ2v) is 8.29. The second kappa shape index (κ2) is 9.34. The van der Waals surface area contributed by atoms with Gasteiger partial charge in [-0.25, -0.2) is 4.90 Å². The van der Waals surface area contributed by atoms with Gasteiger partial charge in [-0.2, -0.15) is 0 Å². The number of carbonyl (C=O) groups excluding carboxylic acids is 2. The Bertz CT molecular complexity index is 1050. The molecule has 0 saturated carbocycles. The summed E-state index contributed by atoms with van der Waals surface area (Å²) in [4.78, 5) is 40.9. The van der Waals surface area contributed by atoms with Gasteiger partial charge in [0.2, 0.25) is 0 Å². The van der Waals surface area contributed by atoms with Crippen LogP contribution in [-0.2, 0) is 16.0 Å². The Hall–Kier alpha value is -3.48. The van der Waals surface area contributed by atoms with E-state index in [1.165, 1.54) is 22.6 Å². The monoisotopic (exact) mass is 433 g/mol. The smallest absolute Gasteiger partial charge is 0.282 e. The number of benzene rings is 2. The molecule has 0 atom stereocenters. The van der Waals surface area contributed by atoms with Crippen LogP contribution in [0.3, 0.4) is 0 Å². The summed E-state index contributed by atoms with van der Waals surface area (Å²) in [6.07, 6.45) is 6.18. The number of piperidine rings is 1. The summed E-state index contributed by atoms with van der Waals surface area (Å²) in [7, 11) is 0. The predicted molar refractivity (Wildman–Crippen MR) is 123 cm³/mol. The summed E-state index contributed by atoms with van der Waals surface area (Å²) in [6, 6.07) is 13.4. The third kappa shape index (κ3) is 4.15. The minimum atomic E-state index is -0.474. The van der Waals surface area contributed by atoms with Gasteiger partial charge >= 0.3 is 0 Å². The van der Waals surface area contributed by atoms with E-state index in [9.17, 15) is 19.7 Å². The Morgan fingerprint density at radius 3 is 2.16 bits per heavy atom. The molecule has 0 unspecified atom stereocenters. The Labute approximate surface area is 187 Å². The number of aryl methyl sites for hydroxylation is 1. The van der Waals surface area contributed by atoms with Gasteiger partial charge < -0.3 is 4.90 Å². The highest BCUT2D eigenvalue weighted by Crippen LogP contribution is 2.36. The highest BCUT2D eigenvalue weighted by Gasteiger charge is 2.42. The number of hydrogen-bond acceptors (Lipinski definition) is 5. The third-order valence-electron chi connectivity index (χ3n) is 6.11. The van der Waals surface area contributed by atoms with Crippen LogP contribution in [0.2, 0.25) is 0 Å². The predicted octanol–water partition coefficient (Wildman–Crippen LogP) is 4.71. The summed E-state index contributed by atoms with van der Waals surface area (Å²) >= 11 is 0. The van der Waals surface area contributed by atoms with E-state index in [0.29, 0.717) is 35.6 Å². The Morgan fingerprint density at radius 2 is 1.56 bits per heavy atom. The first-order valence-electron chi connectivity index (χ1n) is 11.2. The van der Waals surface area contributed by atoms with Crippen molar-refractivity contribution in [2.45, 2.75) is 45.4 Å². The first-order valence-corrected chi connectivity index (χ1v) is 11.2. The molecule has 2 aliphatic rings. The van der Waals surface area contributed by atoms with Crippen LogP contribution in [0.1, 0.15) is 50.2 Å². The fraction of sp³-hybridized carbons (Fsp3) is 0.360. The Kier molecular flexibility index (Phi) is 6.35. The lowest BCUT2D eigenvalue weighted by molar-refractivity contribution is -0.384. The van der Waals surface area contributed by atoms with Crippen molar-refractivity contribution in [2.75, 3.05) is 18.0 Å². The van der Waals surface area contributed by atoms with Crippen LogP contribution in [0.25, 0.3) is 5.57 Å². The van der Waals surface area contributed by atoms with Crippen molar-refractivity contribution >= 4 is 28.8 Å². The number of nitrogens with zero attached hydrogens (tertiary/aromatic N) is 3. The number of imide groups is 1. The summed E-state index contributed by atoms with van der Waals surface area (Å²) in [5, 5.41) is 11.0. The molecule has 2 aromatic carbocycles. The lowest BCUT2D eigenvalue weighted by Crippen LogP contribution is -2.37. The van der Waals surface area contributed by atoms with Gasteiger partial charge in [0.05, 0.1) is 16.2 Å². The van der Waals surface area contributed by atoms with Crippen LogP contribution < -0.4 is 4.90 Å². The molecule has 0 aromatic heterocycles. The molecule has 2 aliphatic heterocycles. The maximum absolute atomic E-state index is 13.5. The highest BCUT2D eigenvalue weighted by molar-refractivity contribution is 6.45. The molecule has 7 nitrogen and oxygen atoms in total. The molecule has 0 radical (unpaired) electrons. The van der Waals surface area contributed by atoms with Gasteiger partial charge in [-0.3, -0.25) is 19.7 Å². The van der Waals surface area contributed by atoms with Crippen LogP contribution >= 0.6 is 0 Å². The van der Waals surface area contributed by atoms with Gasteiger partial charge in [-0.05, 0) is 67.5 Å². The van der Waals surface area contributed by atoms with Crippen molar-refractivity contribution in [1.29, 1.82) is 0 Å². The second-order valence-electron chi connectivity index (χ2n) is 8.29. The van der Waals surface area contributed by atoms with Gasteiger partial charge in [-0.15, -0.1) is 0 Å². The number of non-ortho nitro benzene ring substituents is 1. The molecule has 1 fully saturated rings. The summed E-state index contributed by atoms with van der Waals surface area (Å²) in [6.45, 7) is 3.58. The number of anilines is 1. The molecule has 0 N–H and O–H groups in total. The van der Waals surface area contributed by atoms with Crippen LogP contribution in [0.15, 0.2) is 54.2 Å². The van der Waals surface area contributed by atoms with E-state index in [1.807, 2.05) is 29.2 Å². The Morgan fingerprint density at radius 1 is 0.906 bits per heavy atom. The van der Waals surface area contributed by atoms with Gasteiger partial charge in [-0.1, -0.05) is 25.5 Å². The minimum Gasteiger partial charge on any atom is -0.366 e. The molecule has 0 spiro atoms. The van der Waals surface area contributed by atoms with Gasteiger partial charge in [0.15, 0.2) is 0 Å². The molecule has 2 aromatic rings.